The molecule has 3 heteroatoms. The van der Waals surface area contributed by atoms with Gasteiger partial charge in [0, 0.05) is 12.7 Å². The summed E-state index contributed by atoms with van der Waals surface area (Å²) >= 11 is 0. The fourth-order valence-corrected chi connectivity index (χ4v) is 3.64. The van der Waals surface area contributed by atoms with E-state index in [-0.39, 0.29) is 0 Å². The van der Waals surface area contributed by atoms with Gasteiger partial charge in [0.2, 0.25) is 0 Å². The predicted molar refractivity (Wildman–Crippen MR) is 79.9 cm³/mol. The van der Waals surface area contributed by atoms with Gasteiger partial charge in [-0.3, -0.25) is 4.68 Å². The zero-order valence-corrected chi connectivity index (χ0v) is 12.5. The average molecular weight is 263 g/mol. The van der Waals surface area contributed by atoms with E-state index < -0.39 is 0 Å². The lowest BCUT2D eigenvalue weighted by atomic mass is 9.71. The topological polar surface area (TPSA) is 43.8 Å². The van der Waals surface area contributed by atoms with Gasteiger partial charge in [0.25, 0.3) is 0 Å². The summed E-state index contributed by atoms with van der Waals surface area (Å²) in [6.45, 7) is 6.25. The molecule has 0 saturated heterocycles. The van der Waals surface area contributed by atoms with Crippen molar-refractivity contribution >= 4 is 0 Å². The summed E-state index contributed by atoms with van der Waals surface area (Å²) in [5.74, 6) is 2.42. The highest BCUT2D eigenvalue weighted by atomic mass is 15.3. The Balaban J connectivity index is 1.97. The maximum Gasteiger partial charge on any atom is 0.0521 e. The van der Waals surface area contributed by atoms with E-state index in [0.29, 0.717) is 0 Å². The molecule has 0 aromatic carbocycles. The summed E-state index contributed by atoms with van der Waals surface area (Å²) in [6, 6.07) is 0. The van der Waals surface area contributed by atoms with Crippen LogP contribution in [0.4, 0.5) is 0 Å². The Hall–Kier alpha value is -0.830. The second-order valence-corrected chi connectivity index (χ2v) is 6.13. The molecule has 1 fully saturated rings. The maximum atomic E-state index is 5.98. The van der Waals surface area contributed by atoms with Gasteiger partial charge in [-0.2, -0.15) is 5.10 Å². The summed E-state index contributed by atoms with van der Waals surface area (Å²) in [4.78, 5) is 0. The van der Waals surface area contributed by atoms with Crippen molar-refractivity contribution < 1.29 is 0 Å². The van der Waals surface area contributed by atoms with Gasteiger partial charge >= 0.3 is 0 Å². The average Bonchev–Trinajstić information content (AvgIpc) is 2.87. The highest BCUT2D eigenvalue weighted by molar-refractivity contribution is 5.06. The number of aryl methyl sites for hydroxylation is 1. The summed E-state index contributed by atoms with van der Waals surface area (Å²) in [6.07, 6.45) is 12.2. The van der Waals surface area contributed by atoms with Gasteiger partial charge in [0.15, 0.2) is 0 Å². The second-order valence-electron chi connectivity index (χ2n) is 6.13. The summed E-state index contributed by atoms with van der Waals surface area (Å²) in [5.41, 5.74) is 7.37. The van der Waals surface area contributed by atoms with Crippen molar-refractivity contribution in [1.82, 2.24) is 9.78 Å². The molecular weight excluding hydrogens is 234 g/mol. The Morgan fingerprint density at radius 2 is 2.16 bits per heavy atom. The second kappa shape index (κ2) is 7.09. The van der Waals surface area contributed by atoms with Crippen LogP contribution in [0.15, 0.2) is 12.4 Å². The van der Waals surface area contributed by atoms with Gasteiger partial charge in [-0.15, -0.1) is 0 Å². The molecule has 0 bridgehead atoms. The monoisotopic (exact) mass is 263 g/mol. The lowest BCUT2D eigenvalue weighted by molar-refractivity contribution is 0.175. The zero-order chi connectivity index (χ0) is 13.7. The SMILES string of the molecule is CCCC1CCC(CN)C(Cc2cnn(CC)c2)C1. The van der Waals surface area contributed by atoms with Crippen molar-refractivity contribution in [1.29, 1.82) is 0 Å². The summed E-state index contributed by atoms with van der Waals surface area (Å²) in [5, 5.41) is 4.39. The molecule has 3 unspecified atom stereocenters. The lowest BCUT2D eigenvalue weighted by Crippen LogP contribution is -2.31. The van der Waals surface area contributed by atoms with Gasteiger partial charge in [-0.1, -0.05) is 26.2 Å². The van der Waals surface area contributed by atoms with Crippen LogP contribution < -0.4 is 5.73 Å². The van der Waals surface area contributed by atoms with Gasteiger partial charge in [-0.05, 0) is 56.0 Å². The first-order chi connectivity index (χ1) is 9.26. The van der Waals surface area contributed by atoms with Crippen LogP contribution in [0.3, 0.4) is 0 Å². The molecule has 0 radical (unpaired) electrons. The molecular formula is C16H29N3. The van der Waals surface area contributed by atoms with Crippen molar-refractivity contribution in [3.05, 3.63) is 18.0 Å². The van der Waals surface area contributed by atoms with E-state index in [1.54, 1.807) is 0 Å². The fourth-order valence-electron chi connectivity index (χ4n) is 3.64. The number of rotatable bonds is 6. The fraction of sp³-hybridized carbons (Fsp3) is 0.812. The molecule has 1 aromatic rings. The molecule has 0 amide bonds. The first kappa shape index (κ1) is 14.6. The Kier molecular flexibility index (Phi) is 5.44. The molecule has 19 heavy (non-hydrogen) atoms. The maximum absolute atomic E-state index is 5.98. The first-order valence-electron chi connectivity index (χ1n) is 7.98. The largest absolute Gasteiger partial charge is 0.330 e. The number of nitrogens with two attached hydrogens (primary N) is 1. The van der Waals surface area contributed by atoms with E-state index in [4.69, 9.17) is 5.73 Å². The Morgan fingerprint density at radius 3 is 2.79 bits per heavy atom. The van der Waals surface area contributed by atoms with Crippen molar-refractivity contribution in [2.45, 2.75) is 58.9 Å². The van der Waals surface area contributed by atoms with Crippen LogP contribution in [-0.2, 0) is 13.0 Å². The highest BCUT2D eigenvalue weighted by Crippen LogP contribution is 2.37. The van der Waals surface area contributed by atoms with Gasteiger partial charge < -0.3 is 5.73 Å². The van der Waals surface area contributed by atoms with E-state index in [1.165, 1.54) is 44.1 Å². The van der Waals surface area contributed by atoms with Crippen LogP contribution in [0.2, 0.25) is 0 Å². The molecule has 3 atom stereocenters. The number of hydrogen-bond donors (Lipinski definition) is 1. The number of hydrogen-bond acceptors (Lipinski definition) is 2. The summed E-state index contributed by atoms with van der Waals surface area (Å²) < 4.78 is 2.03. The lowest BCUT2D eigenvalue weighted by Gasteiger charge is -2.35. The van der Waals surface area contributed by atoms with Crippen molar-refractivity contribution in [3.8, 4) is 0 Å². The third-order valence-corrected chi connectivity index (χ3v) is 4.76. The normalized spacial score (nSPS) is 27.6. The first-order valence-corrected chi connectivity index (χ1v) is 7.98. The Labute approximate surface area is 117 Å². The van der Waals surface area contributed by atoms with E-state index in [1.807, 2.05) is 10.9 Å². The van der Waals surface area contributed by atoms with Crippen molar-refractivity contribution in [2.75, 3.05) is 6.54 Å². The van der Waals surface area contributed by atoms with Gasteiger partial charge in [-0.25, -0.2) is 0 Å². The minimum Gasteiger partial charge on any atom is -0.330 e. The van der Waals surface area contributed by atoms with Gasteiger partial charge in [0.05, 0.1) is 6.20 Å². The Bertz CT molecular complexity index is 372. The molecule has 1 aliphatic rings. The molecule has 1 aliphatic carbocycles. The van der Waals surface area contributed by atoms with E-state index in [2.05, 4.69) is 25.1 Å². The molecule has 0 aliphatic heterocycles. The van der Waals surface area contributed by atoms with Crippen molar-refractivity contribution in [3.63, 3.8) is 0 Å². The minimum absolute atomic E-state index is 0.720. The molecule has 1 aromatic heterocycles. The predicted octanol–water partition coefficient (Wildman–Crippen LogP) is 3.24. The quantitative estimate of drug-likeness (QED) is 0.856. The Morgan fingerprint density at radius 1 is 1.32 bits per heavy atom. The number of aromatic nitrogens is 2. The van der Waals surface area contributed by atoms with E-state index >= 15 is 0 Å². The highest BCUT2D eigenvalue weighted by Gasteiger charge is 2.29. The summed E-state index contributed by atoms with van der Waals surface area (Å²) in [7, 11) is 0. The molecule has 1 heterocycles. The van der Waals surface area contributed by atoms with Crippen LogP contribution in [0.5, 0.6) is 0 Å². The zero-order valence-electron chi connectivity index (χ0n) is 12.5. The molecule has 0 spiro atoms. The minimum atomic E-state index is 0.720. The van der Waals surface area contributed by atoms with E-state index in [9.17, 15) is 0 Å². The molecule has 3 nitrogen and oxygen atoms in total. The smallest absolute Gasteiger partial charge is 0.0521 e. The molecule has 108 valence electrons. The van der Waals surface area contributed by atoms with Crippen molar-refractivity contribution in [2.24, 2.45) is 23.5 Å². The third kappa shape index (κ3) is 3.82. The van der Waals surface area contributed by atoms with Gasteiger partial charge in [0.1, 0.15) is 0 Å². The van der Waals surface area contributed by atoms with E-state index in [0.717, 1.165) is 30.8 Å². The molecule has 1 saturated carbocycles. The number of nitrogens with zero attached hydrogens (tertiary/aromatic N) is 2. The van der Waals surface area contributed by atoms with Crippen LogP contribution in [0.25, 0.3) is 0 Å². The standard InChI is InChI=1S/C16H29N3/c1-3-5-13-6-7-15(10-17)16(8-13)9-14-11-18-19(4-2)12-14/h11-13,15-16H,3-10,17H2,1-2H3. The van der Waals surface area contributed by atoms with Crippen LogP contribution >= 0.6 is 0 Å². The molecule has 2 N–H and O–H groups in total. The third-order valence-electron chi connectivity index (χ3n) is 4.76. The van der Waals surface area contributed by atoms with Crippen LogP contribution in [0.1, 0.15) is 51.5 Å². The van der Waals surface area contributed by atoms with Crippen LogP contribution in [-0.4, -0.2) is 16.3 Å². The van der Waals surface area contributed by atoms with Crippen LogP contribution in [0, 0.1) is 17.8 Å². The molecule has 2 rings (SSSR count).